The molecule has 10 heteroatoms. The number of phosphoric ester groups is 1. The van der Waals surface area contributed by atoms with Gasteiger partial charge in [0.1, 0.15) is 19.8 Å². The van der Waals surface area contributed by atoms with Gasteiger partial charge in [0.05, 0.1) is 27.7 Å². The molecule has 0 aromatic carbocycles. The molecule has 0 aliphatic carbocycles. The number of carbonyl (C=O) groups is 2. The standard InChI is InChI=1S/C64H106NO8P/c1-6-8-10-12-14-16-18-20-22-24-26-27-28-29-30-31-32-33-34-35-36-37-39-41-43-45-47-49-51-53-55-57-64(67)73-62(61-72-74(68,69)71-59-58-65(3,4)5)60-70-63(66)56-54-52-50-48-46-44-42-40-38-25-23-21-19-17-15-13-11-9-7-2/h8-11,14-17,20-23,26-27,29-30,32-33,35-36,38,40,62H,6-7,12-13,18-19,24-25,28,31,34,37,39,41-61H2,1-5H3/p+1/b10-8-,11-9-,16-14-,17-15-,22-20-,23-21-,27-26-,30-29-,33-32-,36-35-,40-38-. The van der Waals surface area contributed by atoms with E-state index in [-0.39, 0.29) is 32.0 Å². The monoisotopic (exact) mass is 1050 g/mol. The van der Waals surface area contributed by atoms with Crippen molar-refractivity contribution in [3.8, 4) is 0 Å². The molecular formula is C64H107NO8P+. The minimum Gasteiger partial charge on any atom is -0.462 e. The third kappa shape index (κ3) is 57.4. The zero-order valence-electron chi connectivity index (χ0n) is 47.5. The summed E-state index contributed by atoms with van der Waals surface area (Å²) in [5, 5.41) is 0. The molecule has 0 aromatic heterocycles. The predicted octanol–water partition coefficient (Wildman–Crippen LogP) is 18.1. The van der Waals surface area contributed by atoms with Crippen molar-refractivity contribution >= 4 is 19.8 Å². The van der Waals surface area contributed by atoms with E-state index in [4.69, 9.17) is 18.5 Å². The first-order valence-electron chi connectivity index (χ1n) is 28.9. The van der Waals surface area contributed by atoms with Gasteiger partial charge >= 0.3 is 19.8 Å². The molecule has 420 valence electrons. The van der Waals surface area contributed by atoms with Crippen LogP contribution in [0.1, 0.15) is 206 Å². The lowest BCUT2D eigenvalue weighted by Crippen LogP contribution is -2.37. The average Bonchev–Trinajstić information content (AvgIpc) is 3.36. The summed E-state index contributed by atoms with van der Waals surface area (Å²) in [5.74, 6) is -0.831. The van der Waals surface area contributed by atoms with Gasteiger partial charge < -0.3 is 18.9 Å². The van der Waals surface area contributed by atoms with E-state index < -0.39 is 26.5 Å². The fourth-order valence-electron chi connectivity index (χ4n) is 7.28. The van der Waals surface area contributed by atoms with Crippen LogP contribution in [0.5, 0.6) is 0 Å². The maximum atomic E-state index is 12.8. The maximum absolute atomic E-state index is 12.8. The summed E-state index contributed by atoms with van der Waals surface area (Å²) in [6.45, 7) is 4.16. The van der Waals surface area contributed by atoms with Gasteiger partial charge in [-0.25, -0.2) is 4.57 Å². The fraction of sp³-hybridized carbons (Fsp3) is 0.625. The van der Waals surface area contributed by atoms with Gasteiger partial charge in [0.15, 0.2) is 6.10 Å². The molecule has 0 aromatic rings. The first kappa shape index (κ1) is 70.1. The summed E-state index contributed by atoms with van der Waals surface area (Å²) in [5.41, 5.74) is 0. The number of hydrogen-bond acceptors (Lipinski definition) is 7. The molecule has 0 amide bonds. The highest BCUT2D eigenvalue weighted by molar-refractivity contribution is 7.47. The van der Waals surface area contributed by atoms with Gasteiger partial charge in [0.2, 0.25) is 0 Å². The number of ether oxygens (including phenoxy) is 2. The van der Waals surface area contributed by atoms with Crippen molar-refractivity contribution in [1.82, 2.24) is 0 Å². The Morgan fingerprint density at radius 2 is 0.730 bits per heavy atom. The normalized spacial score (nSPS) is 14.3. The molecule has 74 heavy (non-hydrogen) atoms. The summed E-state index contributed by atoms with van der Waals surface area (Å²) in [6, 6.07) is 0. The molecule has 2 atom stereocenters. The van der Waals surface area contributed by atoms with Crippen LogP contribution in [-0.2, 0) is 32.7 Å². The lowest BCUT2D eigenvalue weighted by atomic mass is 10.1. The second-order valence-electron chi connectivity index (χ2n) is 19.9. The number of esters is 2. The van der Waals surface area contributed by atoms with Crippen LogP contribution in [0.3, 0.4) is 0 Å². The molecule has 0 fully saturated rings. The second kappa shape index (κ2) is 54.0. The topological polar surface area (TPSA) is 108 Å². The SMILES string of the molecule is CC/C=C\C/C=C\C/C=C\C/C=C\C/C=C\C/C=C\C/C=C\CCCCCCCCCCCC(=O)OC(COC(=O)CCCCCCCC/C=C\C/C=C\C/C=C\C/C=C\CC)COP(=O)(O)OCC[N+](C)(C)C. The summed E-state index contributed by atoms with van der Waals surface area (Å²) in [6.07, 6.45) is 78.0. The van der Waals surface area contributed by atoms with E-state index in [1.165, 1.54) is 32.1 Å². The van der Waals surface area contributed by atoms with Crippen LogP contribution >= 0.6 is 7.82 Å². The van der Waals surface area contributed by atoms with Gasteiger partial charge in [-0.15, -0.1) is 0 Å². The molecule has 0 heterocycles. The number of carbonyl (C=O) groups excluding carboxylic acids is 2. The van der Waals surface area contributed by atoms with Crippen LogP contribution in [0.4, 0.5) is 0 Å². The lowest BCUT2D eigenvalue weighted by Gasteiger charge is -2.24. The van der Waals surface area contributed by atoms with Crippen molar-refractivity contribution in [3.63, 3.8) is 0 Å². The van der Waals surface area contributed by atoms with E-state index in [9.17, 15) is 19.0 Å². The lowest BCUT2D eigenvalue weighted by molar-refractivity contribution is -0.870. The number of hydrogen-bond donors (Lipinski definition) is 1. The van der Waals surface area contributed by atoms with Crippen LogP contribution < -0.4 is 0 Å². The van der Waals surface area contributed by atoms with Crippen molar-refractivity contribution in [1.29, 1.82) is 0 Å². The van der Waals surface area contributed by atoms with Crippen LogP contribution in [0.15, 0.2) is 134 Å². The highest BCUT2D eigenvalue weighted by atomic mass is 31.2. The summed E-state index contributed by atoms with van der Waals surface area (Å²) in [4.78, 5) is 35.7. The number of unbranched alkanes of at least 4 members (excludes halogenated alkanes) is 15. The first-order valence-corrected chi connectivity index (χ1v) is 30.4. The number of phosphoric acid groups is 1. The molecule has 0 rings (SSSR count). The third-order valence-electron chi connectivity index (χ3n) is 11.7. The highest BCUT2D eigenvalue weighted by Crippen LogP contribution is 2.43. The Kier molecular flexibility index (Phi) is 51.2. The van der Waals surface area contributed by atoms with Crippen molar-refractivity contribution in [2.45, 2.75) is 213 Å². The Morgan fingerprint density at radius 1 is 0.419 bits per heavy atom. The van der Waals surface area contributed by atoms with Gasteiger partial charge in [0.25, 0.3) is 0 Å². The Morgan fingerprint density at radius 3 is 1.08 bits per heavy atom. The molecule has 0 bridgehead atoms. The second-order valence-corrected chi connectivity index (χ2v) is 21.4. The van der Waals surface area contributed by atoms with Crippen molar-refractivity contribution in [2.75, 3.05) is 47.5 Å². The van der Waals surface area contributed by atoms with E-state index in [2.05, 4.69) is 148 Å². The third-order valence-corrected chi connectivity index (χ3v) is 12.7. The molecule has 0 aliphatic heterocycles. The Balaban J connectivity index is 4.23. The minimum atomic E-state index is -4.40. The van der Waals surface area contributed by atoms with Gasteiger partial charge in [-0.05, 0) is 109 Å². The zero-order valence-corrected chi connectivity index (χ0v) is 48.4. The summed E-state index contributed by atoms with van der Waals surface area (Å²) in [7, 11) is 1.44. The zero-order chi connectivity index (χ0) is 54.2. The number of likely N-dealkylation sites (N-methyl/N-ethyl adjacent to an activating group) is 1. The van der Waals surface area contributed by atoms with E-state index in [1.807, 2.05) is 21.1 Å². The molecule has 0 spiro atoms. The maximum Gasteiger partial charge on any atom is 0.472 e. The van der Waals surface area contributed by atoms with Crippen molar-refractivity contribution in [3.05, 3.63) is 134 Å². The van der Waals surface area contributed by atoms with Crippen molar-refractivity contribution < 1.29 is 42.1 Å². The molecule has 0 radical (unpaired) electrons. The predicted molar refractivity (Wildman–Crippen MR) is 316 cm³/mol. The molecule has 9 nitrogen and oxygen atoms in total. The van der Waals surface area contributed by atoms with Gasteiger partial charge in [-0.2, -0.15) is 0 Å². The average molecular weight is 1050 g/mol. The van der Waals surface area contributed by atoms with Gasteiger partial charge in [0, 0.05) is 12.8 Å². The first-order chi connectivity index (χ1) is 36.0. The van der Waals surface area contributed by atoms with Gasteiger partial charge in [-0.1, -0.05) is 218 Å². The summed E-state index contributed by atoms with van der Waals surface area (Å²) >= 11 is 0. The Labute approximate surface area is 453 Å². The number of quaternary nitrogens is 1. The fourth-order valence-corrected chi connectivity index (χ4v) is 8.02. The van der Waals surface area contributed by atoms with Crippen molar-refractivity contribution in [2.24, 2.45) is 0 Å². The summed E-state index contributed by atoms with van der Waals surface area (Å²) < 4.78 is 34.5. The largest absolute Gasteiger partial charge is 0.472 e. The van der Waals surface area contributed by atoms with Crippen LogP contribution in [0.2, 0.25) is 0 Å². The van der Waals surface area contributed by atoms with E-state index >= 15 is 0 Å². The van der Waals surface area contributed by atoms with Crippen LogP contribution in [-0.4, -0.2) is 74.9 Å². The Hall–Kier alpha value is -3.85. The molecular weight excluding hydrogens is 942 g/mol. The Bertz CT molecular complexity index is 1710. The van der Waals surface area contributed by atoms with E-state index in [1.54, 1.807) is 0 Å². The highest BCUT2D eigenvalue weighted by Gasteiger charge is 2.27. The minimum absolute atomic E-state index is 0.0203. The molecule has 0 saturated carbocycles. The van der Waals surface area contributed by atoms with Gasteiger partial charge in [-0.3, -0.25) is 18.6 Å². The van der Waals surface area contributed by atoms with E-state index in [0.717, 1.165) is 135 Å². The number of nitrogens with zero attached hydrogens (tertiary/aromatic N) is 1. The molecule has 2 unspecified atom stereocenters. The smallest absolute Gasteiger partial charge is 0.462 e. The van der Waals surface area contributed by atoms with Crippen LogP contribution in [0, 0.1) is 0 Å². The molecule has 0 aliphatic rings. The quantitative estimate of drug-likeness (QED) is 0.0211. The van der Waals surface area contributed by atoms with Crippen LogP contribution in [0.25, 0.3) is 0 Å². The molecule has 0 saturated heterocycles. The molecule has 1 N–H and O–H groups in total. The number of allylic oxidation sites excluding steroid dienone is 22. The van der Waals surface area contributed by atoms with E-state index in [0.29, 0.717) is 23.9 Å². The number of rotatable bonds is 51.